The van der Waals surface area contributed by atoms with Gasteiger partial charge in [-0.1, -0.05) is 0 Å². The number of nitriles is 1. The fraction of sp³-hybridized carbons (Fsp3) is 0.800. The highest BCUT2D eigenvalue weighted by atomic mass is 19.1. The summed E-state index contributed by atoms with van der Waals surface area (Å²) in [6, 6.07) is 1.80. The summed E-state index contributed by atoms with van der Waals surface area (Å²) in [6.45, 7) is 0. The van der Waals surface area contributed by atoms with Crippen LogP contribution in [0.15, 0.2) is 0 Å². The number of nitrogens with zero attached hydrogens (tertiary/aromatic N) is 1. The van der Waals surface area contributed by atoms with Crippen molar-refractivity contribution in [1.29, 1.82) is 5.26 Å². The molecule has 2 heteroatoms. The van der Waals surface area contributed by atoms with Gasteiger partial charge in [0.2, 0.25) is 0 Å². The first-order chi connectivity index (χ1) is 3.27. The molecule has 1 saturated carbocycles. The normalized spacial score (nSPS) is 23.4. The van der Waals surface area contributed by atoms with Gasteiger partial charge in [0.25, 0.3) is 0 Å². The van der Waals surface area contributed by atoms with E-state index in [9.17, 15) is 4.39 Å². The van der Waals surface area contributed by atoms with Gasteiger partial charge in [0.1, 0.15) is 5.67 Å². The highest BCUT2D eigenvalue weighted by Crippen LogP contribution is 2.42. The molecular weight excluding hydrogens is 93.1 g/mol. The van der Waals surface area contributed by atoms with Gasteiger partial charge in [-0.05, 0) is 12.8 Å². The second-order valence-corrected chi connectivity index (χ2v) is 1.99. The van der Waals surface area contributed by atoms with E-state index in [1.165, 1.54) is 0 Å². The van der Waals surface area contributed by atoms with E-state index >= 15 is 0 Å². The lowest BCUT2D eigenvalue weighted by molar-refractivity contribution is 0.315. The Bertz CT molecular complexity index is 110. The molecule has 0 aromatic rings. The molecule has 7 heavy (non-hydrogen) atoms. The van der Waals surface area contributed by atoms with E-state index in [2.05, 4.69) is 0 Å². The van der Waals surface area contributed by atoms with Crippen molar-refractivity contribution in [2.75, 3.05) is 0 Å². The van der Waals surface area contributed by atoms with Gasteiger partial charge in [-0.25, -0.2) is 4.39 Å². The third-order valence-corrected chi connectivity index (χ3v) is 1.19. The van der Waals surface area contributed by atoms with Crippen molar-refractivity contribution in [2.45, 2.75) is 24.9 Å². The van der Waals surface area contributed by atoms with Gasteiger partial charge in [0, 0.05) is 0 Å². The molecule has 38 valence electrons. The lowest BCUT2D eigenvalue weighted by Crippen LogP contribution is -1.94. The molecule has 1 aliphatic rings. The van der Waals surface area contributed by atoms with Crippen molar-refractivity contribution in [3.05, 3.63) is 0 Å². The van der Waals surface area contributed by atoms with Crippen LogP contribution in [0.25, 0.3) is 0 Å². The molecule has 0 radical (unpaired) electrons. The third-order valence-electron chi connectivity index (χ3n) is 1.19. The SMILES string of the molecule is N#CCC1(F)CC1. The molecule has 0 atom stereocenters. The Hall–Kier alpha value is -0.580. The maximum atomic E-state index is 12.3. The minimum atomic E-state index is -1.06. The second kappa shape index (κ2) is 1.19. The van der Waals surface area contributed by atoms with Gasteiger partial charge in [0.15, 0.2) is 0 Å². The van der Waals surface area contributed by atoms with E-state index in [1.807, 2.05) is 0 Å². The largest absolute Gasteiger partial charge is 0.243 e. The molecule has 0 bridgehead atoms. The molecule has 0 aliphatic heterocycles. The summed E-state index contributed by atoms with van der Waals surface area (Å²) >= 11 is 0. The van der Waals surface area contributed by atoms with Crippen LogP contribution in [0.4, 0.5) is 4.39 Å². The summed E-state index contributed by atoms with van der Waals surface area (Å²) in [5.74, 6) is 0. The van der Waals surface area contributed by atoms with Crippen LogP contribution in [0.3, 0.4) is 0 Å². The molecular formula is C5H6FN. The standard InChI is InChI=1S/C5H6FN/c6-5(1-2-5)3-4-7/h1-3H2. The molecule has 1 aliphatic carbocycles. The molecule has 1 nitrogen and oxygen atoms in total. The molecule has 0 saturated heterocycles. The molecule has 1 fully saturated rings. The number of hydrogen-bond acceptors (Lipinski definition) is 1. The first-order valence-corrected chi connectivity index (χ1v) is 2.33. The van der Waals surface area contributed by atoms with Crippen LogP contribution in [-0.4, -0.2) is 5.67 Å². The predicted molar refractivity (Wildman–Crippen MR) is 23.3 cm³/mol. The Morgan fingerprint density at radius 1 is 1.71 bits per heavy atom. The van der Waals surface area contributed by atoms with Gasteiger partial charge in [0.05, 0.1) is 12.5 Å². The van der Waals surface area contributed by atoms with E-state index in [4.69, 9.17) is 5.26 Å². The Labute approximate surface area is 41.8 Å². The van der Waals surface area contributed by atoms with Crippen LogP contribution >= 0.6 is 0 Å². The summed E-state index contributed by atoms with van der Waals surface area (Å²) in [5, 5.41) is 7.95. The lowest BCUT2D eigenvalue weighted by atomic mass is 10.3. The molecule has 0 spiro atoms. The van der Waals surface area contributed by atoms with Crippen molar-refractivity contribution in [3.8, 4) is 6.07 Å². The summed E-state index contributed by atoms with van der Waals surface area (Å²) in [5.41, 5.74) is -1.06. The van der Waals surface area contributed by atoms with Crippen molar-refractivity contribution in [2.24, 2.45) is 0 Å². The molecule has 0 aromatic carbocycles. The highest BCUT2D eigenvalue weighted by Gasteiger charge is 2.42. The molecule has 1 rings (SSSR count). The van der Waals surface area contributed by atoms with Crippen LogP contribution in [-0.2, 0) is 0 Å². The zero-order valence-electron chi connectivity index (χ0n) is 3.95. The van der Waals surface area contributed by atoms with Crippen LogP contribution in [0, 0.1) is 11.3 Å². The first-order valence-electron chi connectivity index (χ1n) is 2.33. The van der Waals surface area contributed by atoms with Crippen molar-refractivity contribution >= 4 is 0 Å². The van der Waals surface area contributed by atoms with Gasteiger partial charge < -0.3 is 0 Å². The number of hydrogen-bond donors (Lipinski definition) is 0. The van der Waals surface area contributed by atoms with Gasteiger partial charge >= 0.3 is 0 Å². The van der Waals surface area contributed by atoms with E-state index in [1.54, 1.807) is 6.07 Å². The monoisotopic (exact) mass is 99.0 g/mol. The summed E-state index contributed by atoms with van der Waals surface area (Å²) in [6.07, 6.45) is 1.29. The third kappa shape index (κ3) is 0.894. The maximum Gasteiger partial charge on any atom is 0.124 e. The number of rotatable bonds is 1. The molecule has 0 heterocycles. The number of alkyl halides is 1. The zero-order valence-corrected chi connectivity index (χ0v) is 3.95. The number of halogens is 1. The minimum Gasteiger partial charge on any atom is -0.243 e. The Kier molecular flexibility index (Phi) is 0.780. The molecule has 0 unspecified atom stereocenters. The Morgan fingerprint density at radius 3 is 2.43 bits per heavy atom. The average molecular weight is 99.1 g/mol. The fourth-order valence-corrected chi connectivity index (χ4v) is 0.454. The van der Waals surface area contributed by atoms with E-state index in [0.717, 1.165) is 0 Å². The van der Waals surface area contributed by atoms with Crippen LogP contribution < -0.4 is 0 Å². The van der Waals surface area contributed by atoms with Crippen LogP contribution in [0.5, 0.6) is 0 Å². The highest BCUT2D eigenvalue weighted by molar-refractivity contribution is 5.00. The quantitative estimate of drug-likeness (QED) is 0.487. The van der Waals surface area contributed by atoms with Crippen LogP contribution in [0.2, 0.25) is 0 Å². The molecule has 0 amide bonds. The summed E-state index contributed by atoms with van der Waals surface area (Å²) in [4.78, 5) is 0. The van der Waals surface area contributed by atoms with Crippen molar-refractivity contribution in [3.63, 3.8) is 0 Å². The molecule has 0 N–H and O–H groups in total. The van der Waals surface area contributed by atoms with E-state index < -0.39 is 5.67 Å². The van der Waals surface area contributed by atoms with E-state index in [-0.39, 0.29) is 6.42 Å². The first kappa shape index (κ1) is 4.58. The second-order valence-electron chi connectivity index (χ2n) is 1.99. The topological polar surface area (TPSA) is 23.8 Å². The van der Waals surface area contributed by atoms with Gasteiger partial charge in [-0.15, -0.1) is 0 Å². The zero-order chi connectivity index (χ0) is 5.33. The van der Waals surface area contributed by atoms with Crippen molar-refractivity contribution in [1.82, 2.24) is 0 Å². The fourth-order valence-electron chi connectivity index (χ4n) is 0.454. The maximum absolute atomic E-state index is 12.3. The van der Waals surface area contributed by atoms with Gasteiger partial charge in [-0.3, -0.25) is 0 Å². The predicted octanol–water partition coefficient (Wildman–Crippen LogP) is 1.40. The van der Waals surface area contributed by atoms with E-state index in [0.29, 0.717) is 12.8 Å². The van der Waals surface area contributed by atoms with Gasteiger partial charge in [-0.2, -0.15) is 5.26 Å². The lowest BCUT2D eigenvalue weighted by Gasteiger charge is -1.89. The van der Waals surface area contributed by atoms with Crippen molar-refractivity contribution < 1.29 is 4.39 Å². The minimum absolute atomic E-state index is 0.0903. The molecule has 0 aromatic heterocycles. The summed E-state index contributed by atoms with van der Waals surface area (Å²) < 4.78 is 12.3. The Morgan fingerprint density at radius 2 is 2.29 bits per heavy atom. The smallest absolute Gasteiger partial charge is 0.124 e. The van der Waals surface area contributed by atoms with Crippen LogP contribution in [0.1, 0.15) is 19.3 Å². The Balaban J connectivity index is 2.30. The average Bonchev–Trinajstić information content (AvgIpc) is 2.22. The summed E-state index contributed by atoms with van der Waals surface area (Å²) in [7, 11) is 0.